The van der Waals surface area contributed by atoms with Crippen LogP contribution in [0.15, 0.2) is 62.5 Å². The molecular formula is C25H21NO6. The van der Waals surface area contributed by atoms with Crippen LogP contribution < -0.4 is 11.0 Å². The molecule has 3 heterocycles. The van der Waals surface area contributed by atoms with Crippen LogP contribution in [0.2, 0.25) is 0 Å². The average Bonchev–Trinajstić information content (AvgIpc) is 2.82. The van der Waals surface area contributed by atoms with Gasteiger partial charge < -0.3 is 18.8 Å². The number of hydrogen-bond donors (Lipinski definition) is 1. The van der Waals surface area contributed by atoms with Crippen molar-refractivity contribution in [3.8, 4) is 5.75 Å². The van der Waals surface area contributed by atoms with Crippen molar-refractivity contribution >= 4 is 27.8 Å². The molecule has 5 rings (SSSR count). The lowest BCUT2D eigenvalue weighted by atomic mass is 9.90. The molecular weight excluding hydrogens is 410 g/mol. The Balaban J connectivity index is 1.81. The van der Waals surface area contributed by atoms with E-state index in [0.717, 1.165) is 29.3 Å². The topological polar surface area (TPSA) is 98.7 Å². The van der Waals surface area contributed by atoms with Crippen LogP contribution in [0.4, 0.5) is 0 Å². The minimum atomic E-state index is -0.981. The number of fused-ring (bicyclic) bond motifs is 1. The van der Waals surface area contributed by atoms with Gasteiger partial charge in [-0.05, 0) is 42.0 Å². The Morgan fingerprint density at radius 2 is 2.00 bits per heavy atom. The van der Waals surface area contributed by atoms with E-state index < -0.39 is 23.1 Å². The van der Waals surface area contributed by atoms with Gasteiger partial charge in [-0.1, -0.05) is 30.3 Å². The maximum Gasteiger partial charge on any atom is 0.306 e. The standard InChI is InChI=1S/C25H21NO6/c1-31-20(27)13-17(24-23(29)22(28)16-9-2-3-10-19(16)32-24)18-12-15-7-4-6-14-8-5-11-26(21(14)15)25(18)30/h2-4,6-7,9-10,12,17,29H,5,8,11,13H2,1H3/t17-/m0/s1. The van der Waals surface area contributed by atoms with Gasteiger partial charge in [-0.3, -0.25) is 14.4 Å². The predicted octanol–water partition coefficient (Wildman–Crippen LogP) is 3.45. The second kappa shape index (κ2) is 7.67. The third-order valence-electron chi connectivity index (χ3n) is 6.14. The third kappa shape index (κ3) is 3.09. The number of nitrogens with zero attached hydrogens (tertiary/aromatic N) is 1. The summed E-state index contributed by atoms with van der Waals surface area (Å²) in [5, 5.41) is 11.8. The van der Waals surface area contributed by atoms with Gasteiger partial charge in [-0.2, -0.15) is 0 Å². The molecule has 0 bridgehead atoms. The Kier molecular flexibility index (Phi) is 4.81. The predicted molar refractivity (Wildman–Crippen MR) is 119 cm³/mol. The number of aromatic hydroxyl groups is 1. The second-order valence-corrected chi connectivity index (χ2v) is 7.99. The Labute approximate surface area is 182 Å². The van der Waals surface area contributed by atoms with Crippen LogP contribution in [0, 0.1) is 0 Å². The van der Waals surface area contributed by atoms with Gasteiger partial charge in [-0.25, -0.2) is 0 Å². The summed E-state index contributed by atoms with van der Waals surface area (Å²) in [6.45, 7) is 0.554. The third-order valence-corrected chi connectivity index (χ3v) is 6.14. The van der Waals surface area contributed by atoms with Gasteiger partial charge in [0.25, 0.3) is 5.56 Å². The highest BCUT2D eigenvalue weighted by molar-refractivity contribution is 5.84. The highest BCUT2D eigenvalue weighted by atomic mass is 16.5. The first kappa shape index (κ1) is 20.1. The Hall–Kier alpha value is -3.87. The first-order valence-electron chi connectivity index (χ1n) is 10.5. The average molecular weight is 431 g/mol. The molecule has 162 valence electrons. The summed E-state index contributed by atoms with van der Waals surface area (Å²) < 4.78 is 12.5. The quantitative estimate of drug-likeness (QED) is 0.497. The van der Waals surface area contributed by atoms with Crippen LogP contribution in [0.3, 0.4) is 0 Å². The minimum Gasteiger partial charge on any atom is -0.502 e. The van der Waals surface area contributed by atoms with Crippen LogP contribution in [-0.2, 0) is 22.5 Å². The molecule has 1 N–H and O–H groups in total. The number of aromatic nitrogens is 1. The lowest BCUT2D eigenvalue weighted by molar-refractivity contribution is -0.140. The zero-order valence-corrected chi connectivity index (χ0v) is 17.5. The van der Waals surface area contributed by atoms with Gasteiger partial charge >= 0.3 is 5.97 Å². The Morgan fingerprint density at radius 3 is 2.81 bits per heavy atom. The molecule has 2 aromatic carbocycles. The van der Waals surface area contributed by atoms with E-state index in [4.69, 9.17) is 9.15 Å². The summed E-state index contributed by atoms with van der Waals surface area (Å²) >= 11 is 0. The number of aryl methyl sites for hydroxylation is 2. The highest BCUT2D eigenvalue weighted by Gasteiger charge is 2.30. The molecule has 0 unspecified atom stereocenters. The van der Waals surface area contributed by atoms with E-state index in [1.165, 1.54) is 7.11 Å². The van der Waals surface area contributed by atoms with Crippen LogP contribution in [0.5, 0.6) is 5.75 Å². The first-order chi connectivity index (χ1) is 15.5. The smallest absolute Gasteiger partial charge is 0.306 e. The lowest BCUT2D eigenvalue weighted by Gasteiger charge is -2.23. The largest absolute Gasteiger partial charge is 0.502 e. The van der Waals surface area contributed by atoms with E-state index in [-0.39, 0.29) is 34.3 Å². The van der Waals surface area contributed by atoms with Crippen LogP contribution in [-0.4, -0.2) is 22.8 Å². The van der Waals surface area contributed by atoms with E-state index in [0.29, 0.717) is 6.54 Å². The van der Waals surface area contributed by atoms with E-state index in [1.54, 1.807) is 34.9 Å². The molecule has 0 radical (unpaired) electrons. The van der Waals surface area contributed by atoms with Gasteiger partial charge in [0.05, 0.1) is 30.4 Å². The number of para-hydroxylation sites is 2. The number of ether oxygens (including phenoxy) is 1. The van der Waals surface area contributed by atoms with Crippen LogP contribution in [0.1, 0.15) is 35.6 Å². The zero-order valence-electron chi connectivity index (χ0n) is 17.5. The number of hydrogen-bond acceptors (Lipinski definition) is 6. The monoisotopic (exact) mass is 431 g/mol. The number of rotatable bonds is 4. The molecule has 0 aliphatic carbocycles. The highest BCUT2D eigenvalue weighted by Crippen LogP contribution is 2.35. The summed E-state index contributed by atoms with van der Waals surface area (Å²) in [5.74, 6) is -2.29. The number of esters is 1. The summed E-state index contributed by atoms with van der Waals surface area (Å²) in [6.07, 6.45) is 1.46. The van der Waals surface area contributed by atoms with Gasteiger partial charge in [0, 0.05) is 12.1 Å². The fraction of sp³-hybridized carbons (Fsp3) is 0.240. The molecule has 0 fully saturated rings. The van der Waals surface area contributed by atoms with Crippen LogP contribution >= 0.6 is 0 Å². The Morgan fingerprint density at radius 1 is 1.19 bits per heavy atom. The van der Waals surface area contributed by atoms with E-state index in [2.05, 4.69) is 0 Å². The molecule has 0 saturated carbocycles. The van der Waals surface area contributed by atoms with Crippen LogP contribution in [0.25, 0.3) is 21.9 Å². The maximum atomic E-state index is 13.6. The van der Waals surface area contributed by atoms with Crippen molar-refractivity contribution in [3.05, 3.63) is 86.0 Å². The van der Waals surface area contributed by atoms with E-state index in [9.17, 15) is 19.5 Å². The first-order valence-corrected chi connectivity index (χ1v) is 10.5. The zero-order chi connectivity index (χ0) is 22.4. The van der Waals surface area contributed by atoms with Crippen molar-refractivity contribution in [2.45, 2.75) is 31.7 Å². The number of methoxy groups -OCH3 is 1. The molecule has 7 nitrogen and oxygen atoms in total. The summed E-state index contributed by atoms with van der Waals surface area (Å²) in [7, 11) is 1.25. The number of carbonyl (C=O) groups is 1. The summed E-state index contributed by atoms with van der Waals surface area (Å²) in [5.41, 5.74) is 1.64. The lowest BCUT2D eigenvalue weighted by Crippen LogP contribution is -2.30. The molecule has 0 spiro atoms. The molecule has 7 heteroatoms. The fourth-order valence-corrected chi connectivity index (χ4v) is 4.62. The number of pyridine rings is 1. The maximum absolute atomic E-state index is 13.6. The van der Waals surface area contributed by atoms with Gasteiger partial charge in [-0.15, -0.1) is 0 Å². The van der Waals surface area contributed by atoms with Gasteiger partial charge in [0.15, 0.2) is 5.76 Å². The van der Waals surface area contributed by atoms with Crippen molar-refractivity contribution in [1.82, 2.24) is 4.57 Å². The second-order valence-electron chi connectivity index (χ2n) is 7.99. The molecule has 1 aliphatic heterocycles. The normalized spacial score (nSPS) is 13.9. The molecule has 1 aliphatic rings. The molecule has 0 saturated heterocycles. The van der Waals surface area contributed by atoms with Gasteiger partial charge in [0.2, 0.25) is 11.2 Å². The minimum absolute atomic E-state index is 0.115. The van der Waals surface area contributed by atoms with Crippen molar-refractivity contribution in [2.75, 3.05) is 7.11 Å². The van der Waals surface area contributed by atoms with E-state index >= 15 is 0 Å². The Bertz CT molecular complexity index is 1500. The SMILES string of the molecule is COC(=O)C[C@H](c1oc2ccccc2c(=O)c1O)c1cc2cccc3c2n(c1=O)CCC3. The molecule has 1 atom stereocenters. The summed E-state index contributed by atoms with van der Waals surface area (Å²) in [4.78, 5) is 38.6. The van der Waals surface area contributed by atoms with Crippen molar-refractivity contribution in [2.24, 2.45) is 0 Å². The number of benzene rings is 2. The van der Waals surface area contributed by atoms with Crippen molar-refractivity contribution in [1.29, 1.82) is 0 Å². The summed E-state index contributed by atoms with van der Waals surface area (Å²) in [6, 6.07) is 14.1. The van der Waals surface area contributed by atoms with Crippen molar-refractivity contribution < 1.29 is 19.1 Å². The fourth-order valence-electron chi connectivity index (χ4n) is 4.62. The molecule has 4 aromatic rings. The van der Waals surface area contributed by atoms with Gasteiger partial charge in [0.1, 0.15) is 5.58 Å². The molecule has 2 aromatic heterocycles. The van der Waals surface area contributed by atoms with E-state index in [1.807, 2.05) is 18.2 Å². The molecule has 0 amide bonds. The number of carbonyl (C=O) groups excluding carboxylic acids is 1. The van der Waals surface area contributed by atoms with Crippen molar-refractivity contribution in [3.63, 3.8) is 0 Å². The molecule has 32 heavy (non-hydrogen) atoms.